The average molecular weight is 481 g/mol. The fourth-order valence-electron chi connectivity index (χ4n) is 3.18. The van der Waals surface area contributed by atoms with Gasteiger partial charge in [0.1, 0.15) is 0 Å². The lowest BCUT2D eigenvalue weighted by molar-refractivity contribution is -0.133. The molecule has 0 unspecified atom stereocenters. The SMILES string of the molecule is C[C@H](OC(=O)NCCC(F)(F)F)C(N)=O.O=C1Cc2ccccc2-c2ccccc2N1CCO. The van der Waals surface area contributed by atoms with Crippen molar-refractivity contribution in [1.29, 1.82) is 0 Å². The number of primary amides is 1. The number of fused-ring (bicyclic) bond motifs is 3. The molecule has 3 rings (SSSR count). The number of hydrogen-bond acceptors (Lipinski definition) is 5. The molecule has 0 saturated heterocycles. The molecule has 34 heavy (non-hydrogen) atoms. The van der Waals surface area contributed by atoms with Crippen LogP contribution in [0.25, 0.3) is 11.1 Å². The van der Waals surface area contributed by atoms with Crippen LogP contribution in [0.5, 0.6) is 0 Å². The van der Waals surface area contributed by atoms with Gasteiger partial charge < -0.3 is 25.8 Å². The fourth-order valence-corrected chi connectivity index (χ4v) is 3.18. The van der Waals surface area contributed by atoms with Crippen molar-refractivity contribution >= 4 is 23.6 Å². The topological polar surface area (TPSA) is 122 Å². The number of amides is 3. The smallest absolute Gasteiger partial charge is 0.407 e. The van der Waals surface area contributed by atoms with Crippen LogP contribution in [0.4, 0.5) is 23.7 Å². The number of nitrogens with zero attached hydrogens (tertiary/aromatic N) is 1. The summed E-state index contributed by atoms with van der Waals surface area (Å²) in [6.07, 6.45) is -7.40. The van der Waals surface area contributed by atoms with Crippen molar-refractivity contribution in [1.82, 2.24) is 5.32 Å². The Kier molecular flexibility index (Phi) is 9.43. The summed E-state index contributed by atoms with van der Waals surface area (Å²) in [4.78, 5) is 35.2. The first kappa shape index (κ1) is 26.7. The molecular formula is C23H26F3N3O5. The lowest BCUT2D eigenvalue weighted by atomic mass is 9.98. The van der Waals surface area contributed by atoms with Gasteiger partial charge in [-0.15, -0.1) is 0 Å². The number of β-amino-alcohol motifs (C(OH)–C–C–N with tert-alkyl or cyclic N) is 1. The van der Waals surface area contributed by atoms with Gasteiger partial charge in [-0.1, -0.05) is 42.5 Å². The minimum absolute atomic E-state index is 0.0313. The standard InChI is InChI=1S/C16H15NO2.C7H11F3N2O3/c18-10-9-17-15-8-4-3-7-14(15)13-6-2-1-5-12(13)11-16(17)19;1-4(5(11)13)15-6(14)12-3-2-7(8,9)10/h1-8,18H,9-11H2;4H,2-3H2,1H3,(H2,11,13)(H,12,14)/t;4-/m.0/s1. The third kappa shape index (κ3) is 7.77. The van der Waals surface area contributed by atoms with Gasteiger partial charge >= 0.3 is 12.3 Å². The van der Waals surface area contributed by atoms with Gasteiger partial charge in [0.05, 0.1) is 25.1 Å². The zero-order chi connectivity index (χ0) is 25.3. The number of hydrogen-bond donors (Lipinski definition) is 3. The number of carbonyl (C=O) groups excluding carboxylic acids is 3. The van der Waals surface area contributed by atoms with Crippen molar-refractivity contribution in [2.75, 3.05) is 24.6 Å². The summed E-state index contributed by atoms with van der Waals surface area (Å²) in [7, 11) is 0. The van der Waals surface area contributed by atoms with Gasteiger partial charge in [-0.2, -0.15) is 13.2 Å². The van der Waals surface area contributed by atoms with Crippen LogP contribution in [0.1, 0.15) is 18.9 Å². The van der Waals surface area contributed by atoms with Crippen LogP contribution in [0, 0.1) is 0 Å². The summed E-state index contributed by atoms with van der Waals surface area (Å²) in [6, 6.07) is 15.8. The summed E-state index contributed by atoms with van der Waals surface area (Å²) in [5.41, 5.74) is 8.84. The fraction of sp³-hybridized carbons (Fsp3) is 0.348. The highest BCUT2D eigenvalue weighted by atomic mass is 19.4. The van der Waals surface area contributed by atoms with E-state index >= 15 is 0 Å². The number of nitrogens with one attached hydrogen (secondary N) is 1. The molecule has 4 N–H and O–H groups in total. The quantitative estimate of drug-likeness (QED) is 0.586. The number of anilines is 1. The molecule has 8 nitrogen and oxygen atoms in total. The summed E-state index contributed by atoms with van der Waals surface area (Å²) in [5, 5.41) is 11.0. The Bertz CT molecular complexity index is 1010. The molecule has 11 heteroatoms. The minimum atomic E-state index is -4.34. The van der Waals surface area contributed by atoms with E-state index in [4.69, 9.17) is 5.73 Å². The Labute approximate surface area is 194 Å². The van der Waals surface area contributed by atoms with E-state index in [0.29, 0.717) is 13.0 Å². The zero-order valence-corrected chi connectivity index (χ0v) is 18.5. The van der Waals surface area contributed by atoms with E-state index in [-0.39, 0.29) is 12.5 Å². The first-order chi connectivity index (χ1) is 16.0. The van der Waals surface area contributed by atoms with Crippen LogP contribution in [-0.4, -0.2) is 55.0 Å². The molecule has 2 aromatic carbocycles. The van der Waals surface area contributed by atoms with E-state index in [1.807, 2.05) is 53.8 Å². The van der Waals surface area contributed by atoms with Crippen LogP contribution in [0.15, 0.2) is 48.5 Å². The van der Waals surface area contributed by atoms with Crippen LogP contribution < -0.4 is 16.0 Å². The predicted molar refractivity (Wildman–Crippen MR) is 119 cm³/mol. The number of halogens is 3. The monoisotopic (exact) mass is 481 g/mol. The molecule has 0 aromatic heterocycles. The molecule has 0 spiro atoms. The van der Waals surface area contributed by atoms with Gasteiger partial charge in [0.2, 0.25) is 5.91 Å². The highest BCUT2D eigenvalue weighted by molar-refractivity contribution is 6.02. The Morgan fingerprint density at radius 2 is 1.76 bits per heavy atom. The molecule has 1 aliphatic heterocycles. The Morgan fingerprint density at radius 1 is 1.15 bits per heavy atom. The van der Waals surface area contributed by atoms with E-state index in [1.54, 1.807) is 4.90 Å². The average Bonchev–Trinajstić information content (AvgIpc) is 2.88. The van der Waals surface area contributed by atoms with Gasteiger partial charge in [0.25, 0.3) is 5.91 Å². The number of ether oxygens (including phenoxy) is 1. The molecule has 0 bridgehead atoms. The van der Waals surface area contributed by atoms with Crippen molar-refractivity contribution in [3.63, 3.8) is 0 Å². The second kappa shape index (κ2) is 12.0. The van der Waals surface area contributed by atoms with Crippen molar-refractivity contribution in [2.45, 2.75) is 32.0 Å². The second-order valence-electron chi connectivity index (χ2n) is 7.36. The lowest BCUT2D eigenvalue weighted by Gasteiger charge is -2.21. The highest BCUT2D eigenvalue weighted by Crippen LogP contribution is 2.36. The molecule has 0 saturated carbocycles. The third-order valence-electron chi connectivity index (χ3n) is 4.83. The van der Waals surface area contributed by atoms with Gasteiger partial charge in [0, 0.05) is 18.7 Å². The first-order valence-electron chi connectivity index (χ1n) is 10.4. The maximum atomic E-state index is 12.3. The van der Waals surface area contributed by atoms with E-state index in [2.05, 4.69) is 4.74 Å². The van der Waals surface area contributed by atoms with Crippen LogP contribution in [-0.2, 0) is 20.7 Å². The van der Waals surface area contributed by atoms with Gasteiger partial charge in [0.15, 0.2) is 6.10 Å². The zero-order valence-electron chi connectivity index (χ0n) is 18.5. The molecule has 0 radical (unpaired) electrons. The van der Waals surface area contributed by atoms with Crippen molar-refractivity contribution in [2.24, 2.45) is 5.73 Å². The number of carbonyl (C=O) groups is 3. The number of aliphatic hydroxyl groups is 1. The number of para-hydroxylation sites is 1. The largest absolute Gasteiger partial charge is 0.436 e. The molecule has 1 heterocycles. The number of benzene rings is 2. The second-order valence-corrected chi connectivity index (χ2v) is 7.36. The molecule has 0 fully saturated rings. The highest BCUT2D eigenvalue weighted by Gasteiger charge is 2.27. The van der Waals surface area contributed by atoms with Gasteiger partial charge in [-0.3, -0.25) is 9.59 Å². The first-order valence-corrected chi connectivity index (χ1v) is 10.4. The van der Waals surface area contributed by atoms with E-state index in [1.165, 1.54) is 6.92 Å². The number of alkyl carbamates (subject to hydrolysis) is 1. The maximum Gasteiger partial charge on any atom is 0.407 e. The lowest BCUT2D eigenvalue weighted by Crippen LogP contribution is -2.36. The summed E-state index contributed by atoms with van der Waals surface area (Å²) >= 11 is 0. The van der Waals surface area contributed by atoms with Crippen molar-refractivity contribution < 1.29 is 37.4 Å². The molecule has 184 valence electrons. The van der Waals surface area contributed by atoms with Gasteiger partial charge in [-0.25, -0.2) is 4.79 Å². The Morgan fingerprint density at radius 3 is 2.38 bits per heavy atom. The van der Waals surface area contributed by atoms with Crippen molar-refractivity contribution in [3.8, 4) is 11.1 Å². The Hall–Kier alpha value is -3.60. The summed E-state index contributed by atoms with van der Waals surface area (Å²) < 4.78 is 39.2. The molecule has 3 amide bonds. The van der Waals surface area contributed by atoms with Crippen LogP contribution in [0.2, 0.25) is 0 Å². The minimum Gasteiger partial charge on any atom is -0.436 e. The molecule has 1 atom stereocenters. The predicted octanol–water partition coefficient (Wildman–Crippen LogP) is 2.77. The van der Waals surface area contributed by atoms with Gasteiger partial charge in [-0.05, 0) is 24.1 Å². The molecule has 2 aromatic rings. The van der Waals surface area contributed by atoms with E-state index in [9.17, 15) is 32.7 Å². The number of rotatable bonds is 6. The number of alkyl halides is 3. The molecular weight excluding hydrogens is 455 g/mol. The molecule has 1 aliphatic rings. The third-order valence-corrected chi connectivity index (χ3v) is 4.83. The normalized spacial score (nSPS) is 13.4. The van der Waals surface area contributed by atoms with Crippen molar-refractivity contribution in [3.05, 3.63) is 54.1 Å². The van der Waals surface area contributed by atoms with Crippen LogP contribution >= 0.6 is 0 Å². The maximum absolute atomic E-state index is 12.3. The van der Waals surface area contributed by atoms with Crippen LogP contribution in [0.3, 0.4) is 0 Å². The number of nitrogens with two attached hydrogens (primary N) is 1. The van der Waals surface area contributed by atoms with E-state index in [0.717, 1.165) is 22.4 Å². The summed E-state index contributed by atoms with van der Waals surface area (Å²) in [6.45, 7) is 0.916. The van der Waals surface area contributed by atoms with E-state index < -0.39 is 37.2 Å². The molecule has 0 aliphatic carbocycles. The summed E-state index contributed by atoms with van der Waals surface area (Å²) in [5.74, 6) is -0.840. The Balaban J connectivity index is 0.000000249. The number of aliphatic hydroxyl groups excluding tert-OH is 1.